The highest BCUT2D eigenvalue weighted by molar-refractivity contribution is 5.81. The number of aliphatic carboxylic acids is 1. The summed E-state index contributed by atoms with van der Waals surface area (Å²) in [6, 6.07) is 0. The summed E-state index contributed by atoms with van der Waals surface area (Å²) in [6.45, 7) is 6.35. The Hall–Kier alpha value is -1.18. The number of amides is 1. The first kappa shape index (κ1) is 24.9. The van der Waals surface area contributed by atoms with Crippen molar-refractivity contribution in [3.8, 4) is 0 Å². The molecule has 4 aliphatic carbocycles. The van der Waals surface area contributed by atoms with E-state index in [1.165, 1.54) is 0 Å². The van der Waals surface area contributed by atoms with Gasteiger partial charge < -0.3 is 25.7 Å². The van der Waals surface area contributed by atoms with Gasteiger partial charge in [-0.25, -0.2) is 0 Å². The van der Waals surface area contributed by atoms with E-state index in [0.717, 1.165) is 38.5 Å². The van der Waals surface area contributed by atoms with Gasteiger partial charge in [-0.05, 0) is 97.7 Å². The van der Waals surface area contributed by atoms with Gasteiger partial charge in [0.05, 0.1) is 18.3 Å². The van der Waals surface area contributed by atoms with Gasteiger partial charge in [0.2, 0.25) is 5.91 Å². The fourth-order valence-electron chi connectivity index (χ4n) is 8.95. The molecule has 33 heavy (non-hydrogen) atoms. The second kappa shape index (κ2) is 9.12. The highest BCUT2D eigenvalue weighted by atomic mass is 16.4. The minimum atomic E-state index is -1.04. The molecule has 7 heteroatoms. The minimum Gasteiger partial charge on any atom is -0.480 e. The number of nitrogens with one attached hydrogen (secondary N) is 1. The van der Waals surface area contributed by atoms with Crippen LogP contribution in [0.2, 0.25) is 0 Å². The molecule has 0 unspecified atom stereocenters. The standard InChI is InChI=1S/C26H43NO6/c1-14(4-7-22(31)27-13-23(32)33)17-5-6-18-24-19(12-21(30)26(17,18)3)25(2)9-8-16(28)10-15(25)11-20(24)29/h14-21,24,28-30H,4-13H2,1-3H3,(H,27,31)(H,32,33)/t14-,15+,16-,17-,18+,19+,20-,21+,24+,25-,26-/m1/s1. The van der Waals surface area contributed by atoms with Crippen LogP contribution in [0, 0.1) is 46.3 Å². The maximum atomic E-state index is 12.0. The summed E-state index contributed by atoms with van der Waals surface area (Å²) in [4.78, 5) is 22.7. The summed E-state index contributed by atoms with van der Waals surface area (Å²) >= 11 is 0. The van der Waals surface area contributed by atoms with Crippen molar-refractivity contribution in [1.29, 1.82) is 0 Å². The molecule has 0 aromatic heterocycles. The summed E-state index contributed by atoms with van der Waals surface area (Å²) in [5, 5.41) is 44.4. The molecule has 1 amide bonds. The van der Waals surface area contributed by atoms with Crippen molar-refractivity contribution in [2.45, 2.75) is 96.9 Å². The zero-order valence-electron chi connectivity index (χ0n) is 20.4. The van der Waals surface area contributed by atoms with Crippen molar-refractivity contribution in [3.05, 3.63) is 0 Å². The Bertz CT molecular complexity index is 759. The van der Waals surface area contributed by atoms with E-state index >= 15 is 0 Å². The molecule has 4 aliphatic rings. The number of hydrogen-bond acceptors (Lipinski definition) is 5. The van der Waals surface area contributed by atoms with E-state index in [0.29, 0.717) is 25.2 Å². The Kier molecular flexibility index (Phi) is 6.89. The molecule has 0 radical (unpaired) electrons. The summed E-state index contributed by atoms with van der Waals surface area (Å²) in [5.41, 5.74) is -0.214. The quantitative estimate of drug-likeness (QED) is 0.410. The fraction of sp³-hybridized carbons (Fsp3) is 0.923. The van der Waals surface area contributed by atoms with E-state index < -0.39 is 12.1 Å². The van der Waals surface area contributed by atoms with Crippen LogP contribution in [0.4, 0.5) is 0 Å². The lowest BCUT2D eigenvalue weighted by Crippen LogP contribution is -2.62. The molecule has 0 saturated heterocycles. The average molecular weight is 466 g/mol. The van der Waals surface area contributed by atoms with Crippen LogP contribution in [0.3, 0.4) is 0 Å². The molecule has 0 aliphatic heterocycles. The zero-order valence-corrected chi connectivity index (χ0v) is 20.4. The molecule has 0 spiro atoms. The average Bonchev–Trinajstić information content (AvgIpc) is 3.11. The number of carboxylic acids is 1. The van der Waals surface area contributed by atoms with Crippen molar-refractivity contribution in [2.75, 3.05) is 6.54 Å². The largest absolute Gasteiger partial charge is 0.480 e. The summed E-state index contributed by atoms with van der Waals surface area (Å²) in [6.07, 6.45) is 5.86. The van der Waals surface area contributed by atoms with Crippen molar-refractivity contribution in [2.24, 2.45) is 46.3 Å². The predicted molar refractivity (Wildman–Crippen MR) is 123 cm³/mol. The van der Waals surface area contributed by atoms with Crippen LogP contribution >= 0.6 is 0 Å². The first-order valence-corrected chi connectivity index (χ1v) is 13.0. The van der Waals surface area contributed by atoms with Crippen LogP contribution in [0.1, 0.15) is 78.6 Å². The van der Waals surface area contributed by atoms with Gasteiger partial charge in [-0.1, -0.05) is 20.8 Å². The van der Waals surface area contributed by atoms with Crippen molar-refractivity contribution in [1.82, 2.24) is 5.32 Å². The number of hydrogen-bond donors (Lipinski definition) is 5. The van der Waals surface area contributed by atoms with Gasteiger partial charge in [0.25, 0.3) is 0 Å². The van der Waals surface area contributed by atoms with Crippen LogP contribution in [0.15, 0.2) is 0 Å². The number of aliphatic hydroxyl groups is 3. The predicted octanol–water partition coefficient (Wildman–Crippen LogP) is 2.56. The van der Waals surface area contributed by atoms with E-state index in [1.807, 2.05) is 0 Å². The molecular weight excluding hydrogens is 422 g/mol. The zero-order chi connectivity index (χ0) is 24.1. The third-order valence-electron chi connectivity index (χ3n) is 10.8. The Morgan fingerprint density at radius 2 is 1.76 bits per heavy atom. The molecule has 4 saturated carbocycles. The van der Waals surface area contributed by atoms with Gasteiger partial charge >= 0.3 is 5.97 Å². The van der Waals surface area contributed by atoms with Crippen LogP contribution in [0.25, 0.3) is 0 Å². The fourth-order valence-corrected chi connectivity index (χ4v) is 8.95. The molecule has 0 bridgehead atoms. The summed E-state index contributed by atoms with van der Waals surface area (Å²) in [7, 11) is 0. The van der Waals surface area contributed by atoms with Gasteiger partial charge in [-0.3, -0.25) is 9.59 Å². The van der Waals surface area contributed by atoms with E-state index in [2.05, 4.69) is 26.1 Å². The van der Waals surface area contributed by atoms with Crippen molar-refractivity contribution >= 4 is 11.9 Å². The molecule has 7 nitrogen and oxygen atoms in total. The van der Waals surface area contributed by atoms with Crippen LogP contribution in [0.5, 0.6) is 0 Å². The molecule has 0 heterocycles. The van der Waals surface area contributed by atoms with Crippen molar-refractivity contribution < 1.29 is 30.0 Å². The van der Waals surface area contributed by atoms with Crippen LogP contribution < -0.4 is 5.32 Å². The first-order valence-electron chi connectivity index (χ1n) is 13.0. The third kappa shape index (κ3) is 4.23. The van der Waals surface area contributed by atoms with Gasteiger partial charge in [0.1, 0.15) is 6.54 Å². The van der Waals surface area contributed by atoms with Crippen molar-refractivity contribution in [3.63, 3.8) is 0 Å². The first-order chi connectivity index (χ1) is 15.5. The van der Waals surface area contributed by atoms with Gasteiger partial charge in [-0.2, -0.15) is 0 Å². The lowest BCUT2D eigenvalue weighted by Gasteiger charge is -2.63. The van der Waals surface area contributed by atoms with E-state index in [9.17, 15) is 24.9 Å². The Labute approximate surface area is 197 Å². The number of carbonyl (C=O) groups excluding carboxylic acids is 1. The number of aliphatic hydroxyl groups excluding tert-OH is 3. The second-order valence-corrected chi connectivity index (χ2v) is 12.2. The molecule has 0 aromatic carbocycles. The maximum absolute atomic E-state index is 12.0. The maximum Gasteiger partial charge on any atom is 0.322 e. The lowest BCUT2D eigenvalue weighted by atomic mass is 9.43. The van der Waals surface area contributed by atoms with E-state index in [-0.39, 0.29) is 65.1 Å². The molecule has 5 N–H and O–H groups in total. The molecule has 11 atom stereocenters. The molecule has 4 rings (SSSR count). The Morgan fingerprint density at radius 3 is 2.45 bits per heavy atom. The number of carboxylic acid groups (broad SMARTS) is 1. The third-order valence-corrected chi connectivity index (χ3v) is 10.8. The Morgan fingerprint density at radius 1 is 1.03 bits per heavy atom. The summed E-state index contributed by atoms with van der Waals surface area (Å²) < 4.78 is 0. The van der Waals surface area contributed by atoms with Gasteiger partial charge in [0.15, 0.2) is 0 Å². The van der Waals surface area contributed by atoms with Crippen LogP contribution in [-0.4, -0.2) is 57.2 Å². The topological polar surface area (TPSA) is 127 Å². The van der Waals surface area contributed by atoms with Crippen LogP contribution in [-0.2, 0) is 9.59 Å². The molecular formula is C26H43NO6. The number of fused-ring (bicyclic) bond motifs is 5. The summed E-state index contributed by atoms with van der Waals surface area (Å²) in [5.74, 6) is 0.265. The normalized spacial score (nSPS) is 47.7. The second-order valence-electron chi connectivity index (χ2n) is 12.2. The molecule has 4 fully saturated rings. The van der Waals surface area contributed by atoms with Gasteiger partial charge in [0, 0.05) is 6.42 Å². The minimum absolute atomic E-state index is 0.0668. The van der Waals surface area contributed by atoms with E-state index in [4.69, 9.17) is 5.11 Å². The highest BCUT2D eigenvalue weighted by Gasteiger charge is 2.65. The monoisotopic (exact) mass is 465 g/mol. The smallest absolute Gasteiger partial charge is 0.322 e. The molecule has 188 valence electrons. The number of rotatable bonds is 6. The molecule has 0 aromatic rings. The van der Waals surface area contributed by atoms with Gasteiger partial charge in [-0.15, -0.1) is 0 Å². The Balaban J connectivity index is 1.49. The SMILES string of the molecule is C[C@H](CCC(=O)NCC(=O)O)[C@H]1CC[C@H]2[C@@H]3[C@H](O)C[C@@H]4C[C@H](O)CC[C@@]4(C)[C@H]3C[C@H](O)[C@]12C. The highest BCUT2D eigenvalue weighted by Crippen LogP contribution is 2.68. The lowest BCUT2D eigenvalue weighted by molar-refractivity contribution is -0.207. The van der Waals surface area contributed by atoms with E-state index in [1.54, 1.807) is 0 Å². The number of carbonyl (C=O) groups is 2.